The van der Waals surface area contributed by atoms with Gasteiger partial charge in [-0.1, -0.05) is 13.0 Å². The lowest BCUT2D eigenvalue weighted by atomic mass is 9.78. The summed E-state index contributed by atoms with van der Waals surface area (Å²) in [7, 11) is 1.58. The second kappa shape index (κ2) is 6.12. The van der Waals surface area contributed by atoms with Gasteiger partial charge in [-0.3, -0.25) is 14.5 Å². The van der Waals surface area contributed by atoms with E-state index in [1.807, 2.05) is 6.92 Å². The maximum atomic E-state index is 12.6. The number of imide groups is 1. The highest BCUT2D eigenvalue weighted by molar-refractivity contribution is 6.06. The summed E-state index contributed by atoms with van der Waals surface area (Å²) in [5.74, 6) is 0.347. The Balaban J connectivity index is 2.21. The Labute approximate surface area is 125 Å². The maximum absolute atomic E-state index is 12.6. The Bertz CT molecular complexity index is 550. The summed E-state index contributed by atoms with van der Waals surface area (Å²) in [6, 6.07) is 6.83. The van der Waals surface area contributed by atoms with E-state index in [0.29, 0.717) is 24.3 Å². The first-order valence-electron chi connectivity index (χ1n) is 7.13. The molecule has 0 saturated carbocycles. The molecule has 0 N–H and O–H groups in total. The Morgan fingerprint density at radius 3 is 2.67 bits per heavy atom. The van der Waals surface area contributed by atoms with E-state index in [9.17, 15) is 9.59 Å². The van der Waals surface area contributed by atoms with Crippen LogP contribution in [-0.4, -0.2) is 30.4 Å². The van der Waals surface area contributed by atoms with Crippen molar-refractivity contribution in [2.75, 3.05) is 13.7 Å². The molecular weight excluding hydrogens is 266 g/mol. The van der Waals surface area contributed by atoms with E-state index < -0.39 is 5.41 Å². The van der Waals surface area contributed by atoms with Crippen molar-refractivity contribution in [3.05, 3.63) is 42.5 Å². The normalized spacial score (nSPS) is 22.0. The van der Waals surface area contributed by atoms with Gasteiger partial charge in [0.2, 0.25) is 5.91 Å². The van der Waals surface area contributed by atoms with Crippen LogP contribution < -0.4 is 4.74 Å². The van der Waals surface area contributed by atoms with E-state index in [1.165, 1.54) is 4.90 Å². The van der Waals surface area contributed by atoms with Gasteiger partial charge in [-0.2, -0.15) is 0 Å². The fourth-order valence-electron chi connectivity index (χ4n) is 2.75. The molecule has 0 spiro atoms. The Kier molecular flexibility index (Phi) is 4.46. The summed E-state index contributed by atoms with van der Waals surface area (Å²) < 4.78 is 5.08. The van der Waals surface area contributed by atoms with E-state index in [-0.39, 0.29) is 11.8 Å². The number of ether oxygens (including phenoxy) is 1. The first kappa shape index (κ1) is 15.3. The molecule has 2 rings (SSSR count). The van der Waals surface area contributed by atoms with Gasteiger partial charge in [0.25, 0.3) is 5.91 Å². The van der Waals surface area contributed by atoms with Gasteiger partial charge in [0.05, 0.1) is 12.5 Å². The molecule has 4 nitrogen and oxygen atoms in total. The highest BCUT2D eigenvalue weighted by Crippen LogP contribution is 2.35. The minimum Gasteiger partial charge on any atom is -0.497 e. The molecule has 0 unspecified atom stereocenters. The number of piperidine rings is 1. The zero-order valence-corrected chi connectivity index (χ0v) is 12.6. The van der Waals surface area contributed by atoms with Crippen LogP contribution >= 0.6 is 0 Å². The van der Waals surface area contributed by atoms with Crippen molar-refractivity contribution < 1.29 is 14.3 Å². The van der Waals surface area contributed by atoms with E-state index in [2.05, 4.69) is 6.58 Å². The molecule has 1 fully saturated rings. The van der Waals surface area contributed by atoms with E-state index >= 15 is 0 Å². The van der Waals surface area contributed by atoms with Crippen molar-refractivity contribution in [3.63, 3.8) is 0 Å². The molecule has 4 heteroatoms. The molecule has 2 amide bonds. The molecule has 1 atom stereocenters. The molecule has 112 valence electrons. The number of allylic oxidation sites excluding steroid dienone is 1. The van der Waals surface area contributed by atoms with Crippen LogP contribution in [0, 0.1) is 5.41 Å². The molecule has 1 heterocycles. The first-order chi connectivity index (χ1) is 10.0. The van der Waals surface area contributed by atoms with E-state index in [4.69, 9.17) is 4.74 Å². The monoisotopic (exact) mass is 287 g/mol. The van der Waals surface area contributed by atoms with Crippen molar-refractivity contribution in [3.8, 4) is 5.75 Å². The molecule has 1 aliphatic heterocycles. The van der Waals surface area contributed by atoms with Crippen molar-refractivity contribution in [1.29, 1.82) is 0 Å². The van der Waals surface area contributed by atoms with Crippen LogP contribution in [-0.2, 0) is 4.79 Å². The predicted molar refractivity (Wildman–Crippen MR) is 81.2 cm³/mol. The number of carbonyl (C=O) groups is 2. The van der Waals surface area contributed by atoms with Gasteiger partial charge in [0, 0.05) is 12.1 Å². The number of likely N-dealkylation sites (tertiary alicyclic amines) is 1. The number of hydrogen-bond donors (Lipinski definition) is 0. The zero-order chi connectivity index (χ0) is 15.5. The molecule has 0 bridgehead atoms. The first-order valence-corrected chi connectivity index (χ1v) is 7.13. The maximum Gasteiger partial charge on any atom is 0.260 e. The average molecular weight is 287 g/mol. The summed E-state index contributed by atoms with van der Waals surface area (Å²) in [4.78, 5) is 26.5. The second-order valence-electron chi connectivity index (χ2n) is 5.65. The van der Waals surface area contributed by atoms with E-state index in [1.54, 1.807) is 37.5 Å². The smallest absolute Gasteiger partial charge is 0.260 e. The summed E-state index contributed by atoms with van der Waals surface area (Å²) in [5, 5.41) is 0. The molecule has 0 aromatic heterocycles. The van der Waals surface area contributed by atoms with Crippen LogP contribution in [0.1, 0.15) is 36.5 Å². The number of benzene rings is 1. The fraction of sp³-hybridized carbons (Fsp3) is 0.412. The van der Waals surface area contributed by atoms with Gasteiger partial charge in [-0.05, 0) is 43.5 Å². The number of carbonyl (C=O) groups excluding carboxylic acids is 2. The highest BCUT2D eigenvalue weighted by atomic mass is 16.5. The highest BCUT2D eigenvalue weighted by Gasteiger charge is 2.41. The van der Waals surface area contributed by atoms with Crippen LogP contribution in [0.25, 0.3) is 0 Å². The average Bonchev–Trinajstić information content (AvgIpc) is 2.50. The number of nitrogens with zero attached hydrogens (tertiary/aromatic N) is 1. The van der Waals surface area contributed by atoms with Crippen molar-refractivity contribution in [2.45, 2.75) is 26.2 Å². The molecule has 1 aromatic carbocycles. The molecular formula is C17H21NO3. The SMILES string of the molecule is C=CC[C@]1(C)CCCN(C(=O)c2ccc(OC)cc2)C1=O. The molecule has 1 saturated heterocycles. The Morgan fingerprint density at radius 2 is 2.10 bits per heavy atom. The lowest BCUT2D eigenvalue weighted by Gasteiger charge is -2.37. The standard InChI is InChI=1S/C17H21NO3/c1-4-10-17(2)11-5-12-18(16(17)20)15(19)13-6-8-14(21-3)9-7-13/h4,6-9H,1,5,10-12H2,2-3H3/t17-/m1/s1. The Hall–Kier alpha value is -2.10. The van der Waals surface area contributed by atoms with Crippen LogP contribution in [0.4, 0.5) is 0 Å². The van der Waals surface area contributed by atoms with Crippen molar-refractivity contribution in [2.24, 2.45) is 5.41 Å². The second-order valence-corrected chi connectivity index (χ2v) is 5.65. The molecule has 0 aliphatic carbocycles. The fourth-order valence-corrected chi connectivity index (χ4v) is 2.75. The van der Waals surface area contributed by atoms with Gasteiger partial charge < -0.3 is 4.74 Å². The topological polar surface area (TPSA) is 46.6 Å². The Morgan fingerprint density at radius 1 is 1.43 bits per heavy atom. The lowest BCUT2D eigenvalue weighted by Crippen LogP contribution is -2.49. The summed E-state index contributed by atoms with van der Waals surface area (Å²) in [6.45, 7) is 6.10. The van der Waals surface area contributed by atoms with Crippen LogP contribution in [0.5, 0.6) is 5.75 Å². The zero-order valence-electron chi connectivity index (χ0n) is 12.6. The number of rotatable bonds is 4. The van der Waals surface area contributed by atoms with Crippen LogP contribution in [0.2, 0.25) is 0 Å². The number of hydrogen-bond acceptors (Lipinski definition) is 3. The molecule has 0 radical (unpaired) electrons. The minimum atomic E-state index is -0.512. The van der Waals surface area contributed by atoms with Crippen LogP contribution in [0.3, 0.4) is 0 Å². The summed E-state index contributed by atoms with van der Waals surface area (Å²) in [6.07, 6.45) is 3.97. The third-order valence-electron chi connectivity index (χ3n) is 4.05. The quantitative estimate of drug-likeness (QED) is 0.631. The van der Waals surface area contributed by atoms with Gasteiger partial charge in [0.1, 0.15) is 5.75 Å². The van der Waals surface area contributed by atoms with Crippen molar-refractivity contribution >= 4 is 11.8 Å². The predicted octanol–water partition coefficient (Wildman–Crippen LogP) is 3.04. The van der Waals surface area contributed by atoms with Gasteiger partial charge in [-0.15, -0.1) is 6.58 Å². The minimum absolute atomic E-state index is 0.102. The van der Waals surface area contributed by atoms with Gasteiger partial charge in [0.15, 0.2) is 0 Å². The van der Waals surface area contributed by atoms with Gasteiger partial charge in [-0.25, -0.2) is 0 Å². The number of methoxy groups -OCH3 is 1. The van der Waals surface area contributed by atoms with Gasteiger partial charge >= 0.3 is 0 Å². The lowest BCUT2D eigenvalue weighted by molar-refractivity contribution is -0.141. The van der Waals surface area contributed by atoms with E-state index in [0.717, 1.165) is 12.8 Å². The number of amides is 2. The summed E-state index contributed by atoms with van der Waals surface area (Å²) >= 11 is 0. The largest absolute Gasteiger partial charge is 0.497 e. The molecule has 21 heavy (non-hydrogen) atoms. The van der Waals surface area contributed by atoms with Crippen molar-refractivity contribution in [1.82, 2.24) is 4.90 Å². The third-order valence-corrected chi connectivity index (χ3v) is 4.05. The molecule has 1 aromatic rings. The van der Waals surface area contributed by atoms with Crippen LogP contribution in [0.15, 0.2) is 36.9 Å². The third kappa shape index (κ3) is 2.99. The molecule has 1 aliphatic rings. The summed E-state index contributed by atoms with van der Waals surface area (Å²) in [5.41, 5.74) is -0.00529.